The lowest BCUT2D eigenvalue weighted by molar-refractivity contribution is 0.328. The Balaban J connectivity index is 2.51. The van der Waals surface area contributed by atoms with Crippen LogP contribution in [-0.4, -0.2) is 19.2 Å². The molecular weight excluding hydrogens is 178 g/mol. The zero-order valence-corrected chi connectivity index (χ0v) is 8.41. The number of benzene rings is 1. The van der Waals surface area contributed by atoms with Crippen molar-refractivity contribution in [1.82, 2.24) is 0 Å². The minimum Gasteiger partial charge on any atom is -0.492 e. The highest BCUT2D eigenvalue weighted by Gasteiger charge is 1.96. The number of aliphatic imine (C=N–C) groups is 1. The van der Waals surface area contributed by atoms with E-state index in [1.54, 1.807) is 0 Å². The van der Waals surface area contributed by atoms with E-state index in [2.05, 4.69) is 11.9 Å². The highest BCUT2D eigenvalue weighted by atomic mass is 16.5. The van der Waals surface area contributed by atoms with Crippen molar-refractivity contribution in [2.24, 2.45) is 4.99 Å². The second kappa shape index (κ2) is 5.20. The summed E-state index contributed by atoms with van der Waals surface area (Å²) in [6.45, 7) is 4.86. The van der Waals surface area contributed by atoms with Gasteiger partial charge in [0, 0.05) is 0 Å². The lowest BCUT2D eigenvalue weighted by Crippen LogP contribution is -2.00. The summed E-state index contributed by atoms with van der Waals surface area (Å²) in [5.41, 5.74) is 2.43. The number of ether oxygens (including phenoxy) is 1. The smallest absolute Gasteiger partial charge is 0.235 e. The van der Waals surface area contributed by atoms with Gasteiger partial charge >= 0.3 is 0 Å². The lowest BCUT2D eigenvalue weighted by Gasteiger charge is -2.06. The molecule has 0 bridgehead atoms. The van der Waals surface area contributed by atoms with Gasteiger partial charge in [-0.05, 0) is 37.1 Å². The first-order valence-electron chi connectivity index (χ1n) is 4.47. The average Bonchev–Trinajstić information content (AvgIpc) is 2.18. The molecular formula is C11H13NO2. The third-order valence-electron chi connectivity index (χ3n) is 2.01. The van der Waals surface area contributed by atoms with Gasteiger partial charge in [0.2, 0.25) is 6.08 Å². The standard InChI is InChI=1S/C11H13NO2/c1-9-3-4-11(7-10(9)2)14-6-5-12-8-13/h3-4,7H,5-6H2,1-2H3. The lowest BCUT2D eigenvalue weighted by atomic mass is 10.1. The van der Waals surface area contributed by atoms with E-state index in [-0.39, 0.29) is 0 Å². The molecule has 0 radical (unpaired) electrons. The van der Waals surface area contributed by atoms with Crippen LogP contribution in [0, 0.1) is 13.8 Å². The van der Waals surface area contributed by atoms with Crippen molar-refractivity contribution < 1.29 is 9.53 Å². The van der Waals surface area contributed by atoms with Crippen molar-refractivity contribution in [2.75, 3.05) is 13.2 Å². The molecule has 74 valence electrons. The molecule has 1 rings (SSSR count). The SMILES string of the molecule is Cc1ccc(OCCN=C=O)cc1C. The summed E-state index contributed by atoms with van der Waals surface area (Å²) in [6.07, 6.45) is 1.47. The maximum atomic E-state index is 9.77. The van der Waals surface area contributed by atoms with E-state index >= 15 is 0 Å². The quantitative estimate of drug-likeness (QED) is 0.415. The molecule has 14 heavy (non-hydrogen) atoms. The molecule has 0 aromatic heterocycles. The van der Waals surface area contributed by atoms with Crippen LogP contribution in [0.5, 0.6) is 5.75 Å². The van der Waals surface area contributed by atoms with Crippen LogP contribution in [0.3, 0.4) is 0 Å². The Kier molecular flexibility index (Phi) is 3.89. The van der Waals surface area contributed by atoms with E-state index in [4.69, 9.17) is 4.74 Å². The normalized spacial score (nSPS) is 9.29. The summed E-state index contributed by atoms with van der Waals surface area (Å²) in [6, 6.07) is 5.89. The largest absolute Gasteiger partial charge is 0.492 e. The summed E-state index contributed by atoms with van der Waals surface area (Å²) >= 11 is 0. The van der Waals surface area contributed by atoms with Gasteiger partial charge in [-0.15, -0.1) is 0 Å². The Morgan fingerprint density at radius 2 is 2.14 bits per heavy atom. The molecule has 0 spiro atoms. The number of rotatable bonds is 4. The Morgan fingerprint density at radius 3 is 2.79 bits per heavy atom. The zero-order chi connectivity index (χ0) is 10.4. The van der Waals surface area contributed by atoms with E-state index in [9.17, 15) is 4.79 Å². The first-order valence-corrected chi connectivity index (χ1v) is 4.47. The van der Waals surface area contributed by atoms with Crippen molar-refractivity contribution in [3.63, 3.8) is 0 Å². The predicted octanol–water partition coefficient (Wildman–Crippen LogP) is 2.02. The van der Waals surface area contributed by atoms with Gasteiger partial charge in [-0.1, -0.05) is 6.07 Å². The van der Waals surface area contributed by atoms with E-state index in [0.717, 1.165) is 5.75 Å². The number of carbonyl (C=O) groups excluding carboxylic acids is 1. The molecule has 1 aromatic carbocycles. The number of nitrogens with zero attached hydrogens (tertiary/aromatic N) is 1. The molecule has 3 nitrogen and oxygen atoms in total. The molecule has 0 saturated carbocycles. The topological polar surface area (TPSA) is 38.7 Å². The van der Waals surface area contributed by atoms with Crippen LogP contribution in [0.15, 0.2) is 23.2 Å². The fourth-order valence-electron chi connectivity index (χ4n) is 1.06. The fraction of sp³-hybridized carbons (Fsp3) is 0.364. The minimum atomic E-state index is 0.358. The first-order chi connectivity index (χ1) is 6.74. The summed E-state index contributed by atoms with van der Waals surface area (Å²) in [5, 5.41) is 0. The van der Waals surface area contributed by atoms with Crippen molar-refractivity contribution in [2.45, 2.75) is 13.8 Å². The third-order valence-corrected chi connectivity index (χ3v) is 2.01. The summed E-state index contributed by atoms with van der Waals surface area (Å²) in [5.74, 6) is 0.814. The molecule has 1 aromatic rings. The Bertz CT molecular complexity index is 354. The molecule has 0 atom stereocenters. The van der Waals surface area contributed by atoms with Crippen LogP contribution in [0.2, 0.25) is 0 Å². The third kappa shape index (κ3) is 3.04. The van der Waals surface area contributed by atoms with Crippen LogP contribution in [0.4, 0.5) is 0 Å². The van der Waals surface area contributed by atoms with Gasteiger partial charge in [-0.2, -0.15) is 0 Å². The molecule has 3 heteroatoms. The summed E-state index contributed by atoms with van der Waals surface area (Å²) in [4.78, 5) is 13.2. The van der Waals surface area contributed by atoms with E-state index in [1.165, 1.54) is 17.2 Å². The van der Waals surface area contributed by atoms with Gasteiger partial charge in [0.25, 0.3) is 0 Å². The predicted molar refractivity (Wildman–Crippen MR) is 54.4 cm³/mol. The molecule has 0 aliphatic heterocycles. The highest BCUT2D eigenvalue weighted by Crippen LogP contribution is 2.15. The second-order valence-corrected chi connectivity index (χ2v) is 3.07. The number of aryl methyl sites for hydroxylation is 2. The monoisotopic (exact) mass is 191 g/mol. The molecule has 0 saturated heterocycles. The Hall–Kier alpha value is -1.60. The molecule has 0 N–H and O–H groups in total. The van der Waals surface area contributed by atoms with Crippen molar-refractivity contribution >= 4 is 6.08 Å². The van der Waals surface area contributed by atoms with E-state index in [0.29, 0.717) is 13.2 Å². The second-order valence-electron chi connectivity index (χ2n) is 3.07. The van der Waals surface area contributed by atoms with E-state index < -0.39 is 0 Å². The average molecular weight is 191 g/mol. The van der Waals surface area contributed by atoms with Gasteiger partial charge < -0.3 is 4.74 Å². The number of hydrogen-bond acceptors (Lipinski definition) is 3. The van der Waals surface area contributed by atoms with Crippen LogP contribution in [0.25, 0.3) is 0 Å². The summed E-state index contributed by atoms with van der Waals surface area (Å²) in [7, 11) is 0. The molecule has 0 unspecified atom stereocenters. The molecule has 0 aliphatic carbocycles. The first kappa shape index (κ1) is 10.5. The Morgan fingerprint density at radius 1 is 1.36 bits per heavy atom. The maximum Gasteiger partial charge on any atom is 0.235 e. The molecule has 0 aliphatic rings. The summed E-state index contributed by atoms with van der Waals surface area (Å²) < 4.78 is 5.37. The minimum absolute atomic E-state index is 0.358. The van der Waals surface area contributed by atoms with E-state index in [1.807, 2.05) is 25.1 Å². The van der Waals surface area contributed by atoms with Gasteiger partial charge in [0.05, 0.1) is 6.54 Å². The maximum absolute atomic E-state index is 9.77. The van der Waals surface area contributed by atoms with Gasteiger partial charge in [0.15, 0.2) is 0 Å². The van der Waals surface area contributed by atoms with Crippen molar-refractivity contribution in [3.8, 4) is 5.75 Å². The van der Waals surface area contributed by atoms with Gasteiger partial charge in [-0.25, -0.2) is 9.79 Å². The fourth-order valence-corrected chi connectivity index (χ4v) is 1.06. The number of hydrogen-bond donors (Lipinski definition) is 0. The Labute approximate surface area is 83.4 Å². The molecule has 0 heterocycles. The zero-order valence-electron chi connectivity index (χ0n) is 8.41. The van der Waals surface area contributed by atoms with Crippen LogP contribution in [-0.2, 0) is 4.79 Å². The van der Waals surface area contributed by atoms with Crippen LogP contribution in [0.1, 0.15) is 11.1 Å². The van der Waals surface area contributed by atoms with Crippen molar-refractivity contribution in [3.05, 3.63) is 29.3 Å². The van der Waals surface area contributed by atoms with Crippen LogP contribution >= 0.6 is 0 Å². The highest BCUT2D eigenvalue weighted by molar-refractivity contribution is 5.34. The number of isocyanates is 1. The van der Waals surface area contributed by atoms with Crippen LogP contribution < -0.4 is 4.74 Å². The van der Waals surface area contributed by atoms with Crippen molar-refractivity contribution in [1.29, 1.82) is 0 Å². The van der Waals surface area contributed by atoms with Gasteiger partial charge in [-0.3, -0.25) is 0 Å². The molecule has 0 fully saturated rings. The molecule has 0 amide bonds. The van der Waals surface area contributed by atoms with Gasteiger partial charge in [0.1, 0.15) is 12.4 Å².